The molecule has 2 aromatic rings. The van der Waals surface area contributed by atoms with Gasteiger partial charge in [-0.15, -0.1) is 0 Å². The Kier molecular flexibility index (Phi) is 4.02. The first-order chi connectivity index (χ1) is 10.5. The molecule has 0 aliphatic heterocycles. The molecule has 0 fully saturated rings. The lowest BCUT2D eigenvalue weighted by atomic mass is 10.0. The molecule has 2 heteroatoms. The van der Waals surface area contributed by atoms with Gasteiger partial charge in [0.1, 0.15) is 0 Å². The molecule has 2 aromatic carbocycles. The van der Waals surface area contributed by atoms with Crippen LogP contribution in [-0.4, -0.2) is 5.91 Å². The van der Waals surface area contributed by atoms with Crippen molar-refractivity contribution in [3.63, 3.8) is 0 Å². The van der Waals surface area contributed by atoms with Gasteiger partial charge in [-0.1, -0.05) is 35.9 Å². The summed E-state index contributed by atoms with van der Waals surface area (Å²) >= 11 is 0. The summed E-state index contributed by atoms with van der Waals surface area (Å²) in [6, 6.07) is 12.7. The molecule has 3 rings (SSSR count). The SMILES string of the molecule is Cc1ccc(C)c(C(=O)NC(C)c2ccc3c(c2)CCC3)c1. The van der Waals surface area contributed by atoms with Crippen LogP contribution in [0.25, 0.3) is 0 Å². The molecule has 114 valence electrons. The second kappa shape index (κ2) is 5.96. The lowest BCUT2D eigenvalue weighted by Gasteiger charge is -2.17. The van der Waals surface area contributed by atoms with Gasteiger partial charge in [-0.3, -0.25) is 4.79 Å². The normalized spacial score (nSPS) is 14.5. The summed E-state index contributed by atoms with van der Waals surface area (Å²) in [6.07, 6.45) is 3.61. The number of amides is 1. The standard InChI is InChI=1S/C20H23NO/c1-13-7-8-14(2)19(11-13)20(22)21-15(3)17-10-9-16-5-4-6-18(16)12-17/h7-12,15H,4-6H2,1-3H3,(H,21,22). The fraction of sp³-hybridized carbons (Fsp3) is 0.350. The van der Waals surface area contributed by atoms with Gasteiger partial charge in [0.05, 0.1) is 6.04 Å². The molecular weight excluding hydrogens is 270 g/mol. The van der Waals surface area contributed by atoms with E-state index in [4.69, 9.17) is 0 Å². The van der Waals surface area contributed by atoms with Crippen molar-refractivity contribution in [3.8, 4) is 0 Å². The Morgan fingerprint density at radius 1 is 1.05 bits per heavy atom. The second-order valence-electron chi connectivity index (χ2n) is 6.40. The van der Waals surface area contributed by atoms with E-state index >= 15 is 0 Å². The minimum Gasteiger partial charge on any atom is -0.346 e. The highest BCUT2D eigenvalue weighted by molar-refractivity contribution is 5.96. The maximum Gasteiger partial charge on any atom is 0.252 e. The smallest absolute Gasteiger partial charge is 0.252 e. The molecule has 1 aliphatic carbocycles. The molecule has 22 heavy (non-hydrogen) atoms. The molecule has 2 nitrogen and oxygen atoms in total. The van der Waals surface area contributed by atoms with Crippen LogP contribution in [-0.2, 0) is 12.8 Å². The average molecular weight is 293 g/mol. The van der Waals surface area contributed by atoms with E-state index in [0.29, 0.717) is 0 Å². The summed E-state index contributed by atoms with van der Waals surface area (Å²) in [5.41, 5.74) is 7.01. The van der Waals surface area contributed by atoms with Crippen LogP contribution in [0.5, 0.6) is 0 Å². The van der Waals surface area contributed by atoms with E-state index in [1.165, 1.54) is 36.0 Å². The molecule has 0 saturated heterocycles. The van der Waals surface area contributed by atoms with Gasteiger partial charge >= 0.3 is 0 Å². The van der Waals surface area contributed by atoms with E-state index in [9.17, 15) is 4.79 Å². The molecule has 0 aromatic heterocycles. The highest BCUT2D eigenvalue weighted by Crippen LogP contribution is 2.25. The first-order valence-corrected chi connectivity index (χ1v) is 8.04. The fourth-order valence-corrected chi connectivity index (χ4v) is 3.20. The lowest BCUT2D eigenvalue weighted by molar-refractivity contribution is 0.0939. The van der Waals surface area contributed by atoms with Crippen LogP contribution < -0.4 is 5.32 Å². The molecule has 1 N–H and O–H groups in total. The van der Waals surface area contributed by atoms with E-state index in [-0.39, 0.29) is 11.9 Å². The van der Waals surface area contributed by atoms with Crippen molar-refractivity contribution < 1.29 is 4.79 Å². The van der Waals surface area contributed by atoms with Crippen LogP contribution in [0.4, 0.5) is 0 Å². The van der Waals surface area contributed by atoms with Crippen molar-refractivity contribution in [2.45, 2.75) is 46.1 Å². The number of rotatable bonds is 3. The van der Waals surface area contributed by atoms with E-state index in [1.807, 2.05) is 32.0 Å². The van der Waals surface area contributed by atoms with Crippen molar-refractivity contribution in [1.82, 2.24) is 5.32 Å². The zero-order valence-corrected chi connectivity index (χ0v) is 13.6. The number of benzene rings is 2. The molecule has 0 heterocycles. The summed E-state index contributed by atoms with van der Waals surface area (Å²) < 4.78 is 0. The Morgan fingerprint density at radius 3 is 2.64 bits per heavy atom. The van der Waals surface area contributed by atoms with Crippen LogP contribution in [0.15, 0.2) is 36.4 Å². The largest absolute Gasteiger partial charge is 0.346 e. The summed E-state index contributed by atoms with van der Waals surface area (Å²) in [4.78, 5) is 12.5. The number of fused-ring (bicyclic) bond motifs is 1. The number of hydrogen-bond acceptors (Lipinski definition) is 1. The first-order valence-electron chi connectivity index (χ1n) is 8.04. The quantitative estimate of drug-likeness (QED) is 0.899. The van der Waals surface area contributed by atoms with Crippen molar-refractivity contribution in [3.05, 3.63) is 69.8 Å². The zero-order valence-electron chi connectivity index (χ0n) is 13.6. The molecule has 0 spiro atoms. The van der Waals surface area contributed by atoms with Crippen LogP contribution in [0.1, 0.15) is 57.6 Å². The molecule has 1 atom stereocenters. The van der Waals surface area contributed by atoms with Gasteiger partial charge < -0.3 is 5.32 Å². The second-order valence-corrected chi connectivity index (χ2v) is 6.40. The van der Waals surface area contributed by atoms with Crippen molar-refractivity contribution in [1.29, 1.82) is 0 Å². The topological polar surface area (TPSA) is 29.1 Å². The van der Waals surface area contributed by atoms with Crippen LogP contribution in [0.2, 0.25) is 0 Å². The third kappa shape index (κ3) is 2.92. The molecule has 1 unspecified atom stereocenters. The molecule has 0 radical (unpaired) electrons. The Bertz CT molecular complexity index is 718. The number of carbonyl (C=O) groups is 1. The van der Waals surface area contributed by atoms with E-state index < -0.39 is 0 Å². The van der Waals surface area contributed by atoms with Crippen molar-refractivity contribution in [2.75, 3.05) is 0 Å². The number of aryl methyl sites for hydroxylation is 4. The fourth-order valence-electron chi connectivity index (χ4n) is 3.20. The van der Waals surface area contributed by atoms with Gasteiger partial charge in [0.2, 0.25) is 0 Å². The van der Waals surface area contributed by atoms with Gasteiger partial charge in [-0.2, -0.15) is 0 Å². The van der Waals surface area contributed by atoms with Gasteiger partial charge in [-0.25, -0.2) is 0 Å². The number of carbonyl (C=O) groups excluding carboxylic acids is 1. The molecule has 0 saturated carbocycles. The summed E-state index contributed by atoms with van der Waals surface area (Å²) in [5.74, 6) is 0.00852. The molecular formula is C20H23NO. The molecule has 0 bridgehead atoms. The lowest BCUT2D eigenvalue weighted by Crippen LogP contribution is -2.27. The molecule has 1 aliphatic rings. The van der Waals surface area contributed by atoms with Gasteiger partial charge in [-0.05, 0) is 68.4 Å². The predicted molar refractivity (Wildman–Crippen MR) is 90.3 cm³/mol. The highest BCUT2D eigenvalue weighted by atomic mass is 16.1. The van der Waals surface area contributed by atoms with Crippen LogP contribution >= 0.6 is 0 Å². The van der Waals surface area contributed by atoms with Gasteiger partial charge in [0.15, 0.2) is 0 Å². The highest BCUT2D eigenvalue weighted by Gasteiger charge is 2.16. The van der Waals surface area contributed by atoms with E-state index in [2.05, 4.69) is 30.4 Å². The Hall–Kier alpha value is -2.09. The zero-order chi connectivity index (χ0) is 15.7. The third-order valence-corrected chi connectivity index (χ3v) is 4.61. The van der Waals surface area contributed by atoms with E-state index in [0.717, 1.165) is 16.7 Å². The third-order valence-electron chi connectivity index (χ3n) is 4.61. The minimum atomic E-state index is 0.00852. The van der Waals surface area contributed by atoms with Gasteiger partial charge in [0.25, 0.3) is 5.91 Å². The van der Waals surface area contributed by atoms with Gasteiger partial charge in [0, 0.05) is 5.56 Å². The maximum absolute atomic E-state index is 12.5. The Morgan fingerprint density at radius 2 is 1.82 bits per heavy atom. The Labute approximate surface area is 132 Å². The average Bonchev–Trinajstić information content (AvgIpc) is 2.97. The monoisotopic (exact) mass is 293 g/mol. The Balaban J connectivity index is 1.77. The van der Waals surface area contributed by atoms with Crippen LogP contribution in [0, 0.1) is 13.8 Å². The van der Waals surface area contributed by atoms with Crippen molar-refractivity contribution >= 4 is 5.91 Å². The number of hydrogen-bond donors (Lipinski definition) is 1. The predicted octanol–water partition coefficient (Wildman–Crippen LogP) is 4.28. The van der Waals surface area contributed by atoms with Crippen molar-refractivity contribution in [2.24, 2.45) is 0 Å². The molecule has 1 amide bonds. The summed E-state index contributed by atoms with van der Waals surface area (Å²) in [5, 5.41) is 3.13. The number of nitrogens with one attached hydrogen (secondary N) is 1. The summed E-state index contributed by atoms with van der Waals surface area (Å²) in [7, 11) is 0. The van der Waals surface area contributed by atoms with Crippen LogP contribution in [0.3, 0.4) is 0 Å². The summed E-state index contributed by atoms with van der Waals surface area (Å²) in [6.45, 7) is 6.05. The maximum atomic E-state index is 12.5. The first kappa shape index (κ1) is 14.8. The minimum absolute atomic E-state index is 0.00852. The van der Waals surface area contributed by atoms with E-state index in [1.54, 1.807) is 0 Å².